The predicted molar refractivity (Wildman–Crippen MR) is 107 cm³/mol. The van der Waals surface area contributed by atoms with Crippen LogP contribution in [0.15, 0.2) is 54.6 Å². The van der Waals surface area contributed by atoms with Crippen molar-refractivity contribution in [1.82, 2.24) is 10.6 Å². The Morgan fingerprint density at radius 3 is 2.21 bits per heavy atom. The summed E-state index contributed by atoms with van der Waals surface area (Å²) in [6, 6.07) is 15.7. The molecule has 148 valence electrons. The summed E-state index contributed by atoms with van der Waals surface area (Å²) >= 11 is 0. The minimum Gasteiger partial charge on any atom is -0.454 e. The monoisotopic (exact) mass is 382 g/mol. The zero-order valence-electron chi connectivity index (χ0n) is 16.4. The molecule has 0 saturated carbocycles. The van der Waals surface area contributed by atoms with Gasteiger partial charge in [0.1, 0.15) is 6.04 Å². The number of rotatable bonds is 8. The lowest BCUT2D eigenvalue weighted by Gasteiger charge is -2.20. The number of carbonyl (C=O) groups excluding carboxylic acids is 3. The SMILES string of the molecule is Cc1ccc(C(=O)N[C@H](C(=O)OCC(=O)NCc2ccccc2)C(C)C)cc1. The normalized spacial score (nSPS) is 11.6. The standard InChI is InChI=1S/C22H26N2O4/c1-15(2)20(24-21(26)18-11-9-16(3)10-12-18)22(27)28-14-19(25)23-13-17-7-5-4-6-8-17/h4-12,15,20H,13-14H2,1-3H3,(H,23,25)(H,24,26)/t20-/m0/s1. The molecule has 2 aromatic carbocycles. The molecule has 6 nitrogen and oxygen atoms in total. The van der Waals surface area contributed by atoms with Crippen LogP contribution in [-0.4, -0.2) is 30.4 Å². The largest absolute Gasteiger partial charge is 0.454 e. The van der Waals surface area contributed by atoms with Crippen molar-refractivity contribution in [3.05, 3.63) is 71.3 Å². The van der Waals surface area contributed by atoms with Crippen LogP contribution in [0.25, 0.3) is 0 Å². The first-order valence-electron chi connectivity index (χ1n) is 9.21. The fourth-order valence-corrected chi connectivity index (χ4v) is 2.50. The van der Waals surface area contributed by atoms with Gasteiger partial charge in [-0.1, -0.05) is 61.9 Å². The van der Waals surface area contributed by atoms with Gasteiger partial charge in [0.2, 0.25) is 0 Å². The highest BCUT2D eigenvalue weighted by atomic mass is 16.5. The van der Waals surface area contributed by atoms with E-state index in [0.717, 1.165) is 11.1 Å². The number of carbonyl (C=O) groups is 3. The van der Waals surface area contributed by atoms with Crippen LogP contribution in [-0.2, 0) is 20.9 Å². The van der Waals surface area contributed by atoms with Crippen LogP contribution in [0.2, 0.25) is 0 Å². The van der Waals surface area contributed by atoms with Crippen LogP contribution < -0.4 is 10.6 Å². The van der Waals surface area contributed by atoms with E-state index in [2.05, 4.69) is 10.6 Å². The van der Waals surface area contributed by atoms with Crippen LogP contribution in [0.3, 0.4) is 0 Å². The molecule has 0 aliphatic rings. The first kappa shape index (κ1) is 21.2. The van der Waals surface area contributed by atoms with E-state index >= 15 is 0 Å². The van der Waals surface area contributed by atoms with Crippen molar-refractivity contribution in [2.45, 2.75) is 33.4 Å². The van der Waals surface area contributed by atoms with Gasteiger partial charge in [0.25, 0.3) is 11.8 Å². The molecule has 0 unspecified atom stereocenters. The molecular weight excluding hydrogens is 356 g/mol. The van der Waals surface area contributed by atoms with Crippen molar-refractivity contribution >= 4 is 17.8 Å². The molecule has 2 N–H and O–H groups in total. The molecule has 28 heavy (non-hydrogen) atoms. The maximum Gasteiger partial charge on any atom is 0.329 e. The minimum absolute atomic E-state index is 0.186. The third-order valence-corrected chi connectivity index (χ3v) is 4.20. The highest BCUT2D eigenvalue weighted by molar-refractivity contribution is 5.97. The number of amides is 2. The van der Waals surface area contributed by atoms with Gasteiger partial charge in [-0.05, 0) is 30.5 Å². The van der Waals surface area contributed by atoms with Gasteiger partial charge in [-0.3, -0.25) is 9.59 Å². The number of hydrogen-bond donors (Lipinski definition) is 2. The zero-order chi connectivity index (χ0) is 20.5. The predicted octanol–water partition coefficient (Wildman–Crippen LogP) is 2.61. The molecule has 1 atom stereocenters. The third kappa shape index (κ3) is 6.54. The van der Waals surface area contributed by atoms with E-state index in [1.807, 2.05) is 49.4 Å². The molecule has 0 fully saturated rings. The Labute approximate surface area is 165 Å². The fraction of sp³-hybridized carbons (Fsp3) is 0.318. The lowest BCUT2D eigenvalue weighted by atomic mass is 10.0. The molecule has 0 aliphatic carbocycles. The van der Waals surface area contributed by atoms with Crippen molar-refractivity contribution in [1.29, 1.82) is 0 Å². The van der Waals surface area contributed by atoms with Gasteiger partial charge in [0.15, 0.2) is 6.61 Å². The molecule has 6 heteroatoms. The Balaban J connectivity index is 1.85. The molecular formula is C22H26N2O4. The second-order valence-corrected chi connectivity index (χ2v) is 6.93. The van der Waals surface area contributed by atoms with Crippen LogP contribution in [0.5, 0.6) is 0 Å². The Morgan fingerprint density at radius 2 is 1.61 bits per heavy atom. The number of hydrogen-bond acceptors (Lipinski definition) is 4. The molecule has 0 heterocycles. The van der Waals surface area contributed by atoms with Crippen molar-refractivity contribution in [2.24, 2.45) is 5.92 Å². The van der Waals surface area contributed by atoms with Gasteiger partial charge >= 0.3 is 5.97 Å². The highest BCUT2D eigenvalue weighted by Crippen LogP contribution is 2.08. The van der Waals surface area contributed by atoms with E-state index < -0.39 is 24.5 Å². The highest BCUT2D eigenvalue weighted by Gasteiger charge is 2.26. The summed E-state index contributed by atoms with van der Waals surface area (Å²) in [6.07, 6.45) is 0. The van der Waals surface area contributed by atoms with E-state index in [9.17, 15) is 14.4 Å². The van der Waals surface area contributed by atoms with Crippen LogP contribution in [0.4, 0.5) is 0 Å². The number of ether oxygens (including phenoxy) is 1. The summed E-state index contributed by atoms with van der Waals surface area (Å²) in [4.78, 5) is 36.7. The Kier molecular flexibility index (Phi) is 7.75. The van der Waals surface area contributed by atoms with Gasteiger partial charge < -0.3 is 15.4 Å². The van der Waals surface area contributed by atoms with Crippen molar-refractivity contribution < 1.29 is 19.1 Å². The Morgan fingerprint density at radius 1 is 0.964 bits per heavy atom. The number of nitrogens with one attached hydrogen (secondary N) is 2. The smallest absolute Gasteiger partial charge is 0.329 e. The first-order valence-corrected chi connectivity index (χ1v) is 9.21. The van der Waals surface area contributed by atoms with E-state index in [4.69, 9.17) is 4.74 Å². The van der Waals surface area contributed by atoms with Crippen LogP contribution in [0, 0.1) is 12.8 Å². The molecule has 0 radical (unpaired) electrons. The molecule has 0 aliphatic heterocycles. The summed E-state index contributed by atoms with van der Waals surface area (Å²) in [7, 11) is 0. The molecule has 0 bridgehead atoms. The number of benzene rings is 2. The molecule has 2 aromatic rings. The number of aryl methyl sites for hydroxylation is 1. The summed E-state index contributed by atoms with van der Waals surface area (Å²) in [5.41, 5.74) is 2.45. The van der Waals surface area contributed by atoms with Gasteiger partial charge in [-0.25, -0.2) is 4.79 Å². The molecule has 2 amide bonds. The lowest BCUT2D eigenvalue weighted by molar-refractivity contribution is -0.151. The van der Waals surface area contributed by atoms with Crippen LogP contribution in [0.1, 0.15) is 35.3 Å². The van der Waals surface area contributed by atoms with Gasteiger partial charge in [0, 0.05) is 12.1 Å². The molecule has 0 saturated heterocycles. The van der Waals surface area contributed by atoms with E-state index in [1.54, 1.807) is 26.0 Å². The quantitative estimate of drug-likeness (QED) is 0.688. The zero-order valence-corrected chi connectivity index (χ0v) is 16.4. The van der Waals surface area contributed by atoms with Gasteiger partial charge in [0.05, 0.1) is 0 Å². The Bertz CT molecular complexity index is 801. The topological polar surface area (TPSA) is 84.5 Å². The minimum atomic E-state index is -0.837. The number of esters is 1. The molecule has 0 spiro atoms. The van der Waals surface area contributed by atoms with E-state index in [1.165, 1.54) is 0 Å². The van der Waals surface area contributed by atoms with E-state index in [0.29, 0.717) is 12.1 Å². The van der Waals surface area contributed by atoms with Crippen molar-refractivity contribution in [3.8, 4) is 0 Å². The average Bonchev–Trinajstić information content (AvgIpc) is 2.69. The van der Waals surface area contributed by atoms with Crippen molar-refractivity contribution in [3.63, 3.8) is 0 Å². The summed E-state index contributed by atoms with van der Waals surface area (Å²) < 4.78 is 5.11. The van der Waals surface area contributed by atoms with Gasteiger partial charge in [-0.2, -0.15) is 0 Å². The fourth-order valence-electron chi connectivity index (χ4n) is 2.50. The maximum atomic E-state index is 12.4. The Hall–Kier alpha value is -3.15. The van der Waals surface area contributed by atoms with Crippen LogP contribution >= 0.6 is 0 Å². The lowest BCUT2D eigenvalue weighted by Crippen LogP contribution is -2.46. The second-order valence-electron chi connectivity index (χ2n) is 6.93. The third-order valence-electron chi connectivity index (χ3n) is 4.20. The molecule has 2 rings (SSSR count). The summed E-state index contributed by atoms with van der Waals surface area (Å²) in [5.74, 6) is -1.58. The van der Waals surface area contributed by atoms with E-state index in [-0.39, 0.29) is 11.8 Å². The summed E-state index contributed by atoms with van der Waals surface area (Å²) in [5, 5.41) is 5.38. The van der Waals surface area contributed by atoms with Gasteiger partial charge in [-0.15, -0.1) is 0 Å². The average molecular weight is 382 g/mol. The summed E-state index contributed by atoms with van der Waals surface area (Å²) in [6.45, 7) is 5.50. The van der Waals surface area contributed by atoms with Crippen molar-refractivity contribution in [2.75, 3.05) is 6.61 Å². The second kappa shape index (κ2) is 10.3. The first-order chi connectivity index (χ1) is 13.4. The maximum absolute atomic E-state index is 12.4. The molecule has 0 aromatic heterocycles.